The van der Waals surface area contributed by atoms with Gasteiger partial charge in [0.1, 0.15) is 0 Å². The smallest absolute Gasteiger partial charge is 0.0642 e. The average Bonchev–Trinajstić information content (AvgIpc) is 2.14. The lowest BCUT2D eigenvalue weighted by atomic mass is 10.2. The average molecular weight is 228 g/mol. The zero-order valence-electron chi connectivity index (χ0n) is 9.51. The fourth-order valence-corrected chi connectivity index (χ4v) is 1.55. The first-order valence-electron chi connectivity index (χ1n) is 5.21. The Hall–Kier alpha value is -0.730. The standard InChI is InChI=1S/C12H18ClNO/c1-9(2)15-7-6-14-12-5-4-10(3)8-11(12)13/h4-5,8-9,14H,6-7H2,1-3H3. The molecule has 0 unspecified atom stereocenters. The molecule has 0 spiro atoms. The molecule has 0 aromatic heterocycles. The fourth-order valence-electron chi connectivity index (χ4n) is 1.24. The summed E-state index contributed by atoms with van der Waals surface area (Å²) in [7, 11) is 0. The maximum atomic E-state index is 6.07. The number of benzene rings is 1. The van der Waals surface area contributed by atoms with Gasteiger partial charge in [-0.2, -0.15) is 0 Å². The van der Waals surface area contributed by atoms with Gasteiger partial charge in [0.25, 0.3) is 0 Å². The van der Waals surface area contributed by atoms with Crippen molar-refractivity contribution in [3.8, 4) is 0 Å². The number of anilines is 1. The molecular formula is C12H18ClNO. The van der Waals surface area contributed by atoms with Crippen LogP contribution in [-0.2, 0) is 4.74 Å². The molecule has 1 N–H and O–H groups in total. The number of nitrogens with one attached hydrogen (secondary N) is 1. The van der Waals surface area contributed by atoms with Crippen molar-refractivity contribution in [1.82, 2.24) is 0 Å². The SMILES string of the molecule is Cc1ccc(NCCOC(C)C)c(Cl)c1. The summed E-state index contributed by atoms with van der Waals surface area (Å²) in [4.78, 5) is 0. The van der Waals surface area contributed by atoms with Gasteiger partial charge in [-0.15, -0.1) is 0 Å². The molecule has 0 aliphatic rings. The van der Waals surface area contributed by atoms with Crippen molar-refractivity contribution < 1.29 is 4.74 Å². The van der Waals surface area contributed by atoms with Gasteiger partial charge in [-0.1, -0.05) is 17.7 Å². The number of halogens is 1. The maximum Gasteiger partial charge on any atom is 0.0642 e. The van der Waals surface area contributed by atoms with E-state index in [1.165, 1.54) is 5.56 Å². The molecule has 2 nitrogen and oxygen atoms in total. The zero-order valence-corrected chi connectivity index (χ0v) is 10.3. The summed E-state index contributed by atoms with van der Waals surface area (Å²) in [5.41, 5.74) is 2.14. The van der Waals surface area contributed by atoms with Gasteiger partial charge >= 0.3 is 0 Å². The van der Waals surface area contributed by atoms with Gasteiger partial charge in [-0.25, -0.2) is 0 Å². The van der Waals surface area contributed by atoms with Crippen LogP contribution in [0.25, 0.3) is 0 Å². The summed E-state index contributed by atoms with van der Waals surface area (Å²) in [5, 5.41) is 4.00. The third-order valence-corrected chi connectivity index (χ3v) is 2.31. The highest BCUT2D eigenvalue weighted by atomic mass is 35.5. The highest BCUT2D eigenvalue weighted by Gasteiger charge is 1.99. The van der Waals surface area contributed by atoms with Gasteiger partial charge in [-0.3, -0.25) is 0 Å². The summed E-state index contributed by atoms with van der Waals surface area (Å²) in [6.07, 6.45) is 0.278. The molecule has 0 saturated carbocycles. The third-order valence-electron chi connectivity index (χ3n) is 1.99. The summed E-state index contributed by atoms with van der Waals surface area (Å²) >= 11 is 6.07. The van der Waals surface area contributed by atoms with Gasteiger partial charge in [-0.05, 0) is 38.5 Å². The summed E-state index contributed by atoms with van der Waals surface area (Å²) in [6, 6.07) is 5.98. The Morgan fingerprint density at radius 1 is 1.40 bits per heavy atom. The number of hydrogen-bond donors (Lipinski definition) is 1. The van der Waals surface area contributed by atoms with E-state index in [2.05, 4.69) is 5.32 Å². The molecule has 3 heteroatoms. The van der Waals surface area contributed by atoms with Crippen LogP contribution in [0.1, 0.15) is 19.4 Å². The van der Waals surface area contributed by atoms with Crippen molar-refractivity contribution in [3.05, 3.63) is 28.8 Å². The molecule has 0 atom stereocenters. The third kappa shape index (κ3) is 4.54. The Morgan fingerprint density at radius 2 is 2.13 bits per heavy atom. The quantitative estimate of drug-likeness (QED) is 0.778. The number of aryl methyl sites for hydroxylation is 1. The molecule has 0 amide bonds. The molecule has 15 heavy (non-hydrogen) atoms. The van der Waals surface area contributed by atoms with E-state index in [0.29, 0.717) is 6.61 Å². The van der Waals surface area contributed by atoms with E-state index in [1.54, 1.807) is 0 Å². The van der Waals surface area contributed by atoms with E-state index in [0.717, 1.165) is 17.3 Å². The number of hydrogen-bond acceptors (Lipinski definition) is 2. The van der Waals surface area contributed by atoms with Crippen LogP contribution in [0, 0.1) is 6.92 Å². The molecule has 0 radical (unpaired) electrons. The summed E-state index contributed by atoms with van der Waals surface area (Å²) in [5.74, 6) is 0. The van der Waals surface area contributed by atoms with E-state index in [4.69, 9.17) is 16.3 Å². The van der Waals surface area contributed by atoms with Crippen LogP contribution in [0.15, 0.2) is 18.2 Å². The van der Waals surface area contributed by atoms with Crippen LogP contribution in [0.2, 0.25) is 5.02 Å². The second-order valence-corrected chi connectivity index (χ2v) is 4.24. The molecule has 0 heterocycles. The van der Waals surface area contributed by atoms with Gasteiger partial charge < -0.3 is 10.1 Å². The van der Waals surface area contributed by atoms with E-state index in [-0.39, 0.29) is 6.10 Å². The van der Waals surface area contributed by atoms with Crippen LogP contribution in [0.5, 0.6) is 0 Å². The predicted octanol–water partition coefficient (Wildman–Crippen LogP) is 3.49. The first-order chi connectivity index (χ1) is 7.09. The van der Waals surface area contributed by atoms with Crippen LogP contribution < -0.4 is 5.32 Å². The molecule has 1 rings (SSSR count). The normalized spacial score (nSPS) is 10.7. The maximum absolute atomic E-state index is 6.07. The van der Waals surface area contributed by atoms with Gasteiger partial charge in [0, 0.05) is 6.54 Å². The van der Waals surface area contributed by atoms with Crippen molar-refractivity contribution in [1.29, 1.82) is 0 Å². The Labute approximate surface area is 96.6 Å². The topological polar surface area (TPSA) is 21.3 Å². The first-order valence-corrected chi connectivity index (χ1v) is 5.59. The highest BCUT2D eigenvalue weighted by Crippen LogP contribution is 2.22. The number of ether oxygens (including phenoxy) is 1. The second kappa shape index (κ2) is 5.99. The fraction of sp³-hybridized carbons (Fsp3) is 0.500. The largest absolute Gasteiger partial charge is 0.382 e. The van der Waals surface area contributed by atoms with Gasteiger partial charge in [0.2, 0.25) is 0 Å². The molecule has 0 saturated heterocycles. The van der Waals surface area contributed by atoms with Gasteiger partial charge in [0.15, 0.2) is 0 Å². The van der Waals surface area contributed by atoms with Crippen molar-refractivity contribution in [2.45, 2.75) is 26.9 Å². The Balaban J connectivity index is 2.37. The molecule has 0 aliphatic heterocycles. The Bertz CT molecular complexity index is 312. The second-order valence-electron chi connectivity index (χ2n) is 3.83. The first kappa shape index (κ1) is 12.3. The van der Waals surface area contributed by atoms with Crippen molar-refractivity contribution >= 4 is 17.3 Å². The predicted molar refractivity (Wildman–Crippen MR) is 65.8 cm³/mol. The van der Waals surface area contributed by atoms with Gasteiger partial charge in [0.05, 0.1) is 23.4 Å². The van der Waals surface area contributed by atoms with Crippen molar-refractivity contribution in [2.75, 3.05) is 18.5 Å². The zero-order chi connectivity index (χ0) is 11.3. The molecule has 0 aliphatic carbocycles. The minimum atomic E-state index is 0.278. The Morgan fingerprint density at radius 3 is 2.73 bits per heavy atom. The molecule has 0 fully saturated rings. The minimum Gasteiger partial charge on any atom is -0.382 e. The van der Waals surface area contributed by atoms with E-state index >= 15 is 0 Å². The molecular weight excluding hydrogens is 210 g/mol. The number of rotatable bonds is 5. The molecule has 0 bridgehead atoms. The summed E-state index contributed by atoms with van der Waals surface area (Å²) < 4.78 is 5.42. The van der Waals surface area contributed by atoms with Crippen LogP contribution in [0.4, 0.5) is 5.69 Å². The van der Waals surface area contributed by atoms with E-state index < -0.39 is 0 Å². The lowest BCUT2D eigenvalue weighted by Crippen LogP contribution is -2.13. The molecule has 1 aromatic rings. The van der Waals surface area contributed by atoms with E-state index in [9.17, 15) is 0 Å². The Kier molecular flexibility index (Phi) is 4.92. The highest BCUT2D eigenvalue weighted by molar-refractivity contribution is 6.33. The summed E-state index contributed by atoms with van der Waals surface area (Å²) in [6.45, 7) is 7.55. The van der Waals surface area contributed by atoms with Crippen molar-refractivity contribution in [2.24, 2.45) is 0 Å². The van der Waals surface area contributed by atoms with Crippen LogP contribution >= 0.6 is 11.6 Å². The monoisotopic (exact) mass is 227 g/mol. The van der Waals surface area contributed by atoms with Crippen molar-refractivity contribution in [3.63, 3.8) is 0 Å². The van der Waals surface area contributed by atoms with Crippen LogP contribution in [-0.4, -0.2) is 19.3 Å². The minimum absolute atomic E-state index is 0.278. The van der Waals surface area contributed by atoms with Crippen LogP contribution in [0.3, 0.4) is 0 Å². The molecule has 1 aromatic carbocycles. The molecule has 84 valence electrons. The van der Waals surface area contributed by atoms with E-state index in [1.807, 2.05) is 39.0 Å². The lowest BCUT2D eigenvalue weighted by molar-refractivity contribution is 0.0870. The lowest BCUT2D eigenvalue weighted by Gasteiger charge is -2.11.